The summed E-state index contributed by atoms with van der Waals surface area (Å²) in [5, 5.41) is 2.94. The van der Waals surface area contributed by atoms with E-state index >= 15 is 0 Å². The summed E-state index contributed by atoms with van der Waals surface area (Å²) < 4.78 is 28.6. The van der Waals surface area contributed by atoms with Gasteiger partial charge in [0.1, 0.15) is 12.6 Å². The van der Waals surface area contributed by atoms with Crippen LogP contribution in [0.4, 0.5) is 5.69 Å². The molecule has 0 aliphatic heterocycles. The number of carbonyl (C=O) groups excluding carboxylic acids is 2. The summed E-state index contributed by atoms with van der Waals surface area (Å²) in [5.41, 5.74) is 1.88. The molecule has 0 radical (unpaired) electrons. The molecule has 0 saturated heterocycles. The zero-order valence-corrected chi connectivity index (χ0v) is 23.5. The maximum absolute atomic E-state index is 13.8. The molecule has 0 aliphatic carbocycles. The molecule has 0 saturated carbocycles. The van der Waals surface area contributed by atoms with Crippen LogP contribution in [0.1, 0.15) is 38.8 Å². The molecule has 7 nitrogen and oxygen atoms in total. The van der Waals surface area contributed by atoms with Gasteiger partial charge >= 0.3 is 0 Å². The van der Waals surface area contributed by atoms with Crippen LogP contribution in [0, 0.1) is 6.92 Å². The maximum Gasteiger partial charge on any atom is 0.264 e. The lowest BCUT2D eigenvalue weighted by atomic mass is 10.1. The highest BCUT2D eigenvalue weighted by molar-refractivity contribution is 7.92. The third-order valence-electron chi connectivity index (χ3n) is 6.08. The van der Waals surface area contributed by atoms with Crippen LogP contribution < -0.4 is 9.62 Å². The number of hydrogen-bond donors (Lipinski definition) is 1. The molecule has 38 heavy (non-hydrogen) atoms. The van der Waals surface area contributed by atoms with Gasteiger partial charge in [0.2, 0.25) is 11.8 Å². The van der Waals surface area contributed by atoms with Crippen LogP contribution in [-0.2, 0) is 26.0 Å². The predicted molar refractivity (Wildman–Crippen MR) is 151 cm³/mol. The first-order valence-electron chi connectivity index (χ1n) is 12.7. The summed E-state index contributed by atoms with van der Waals surface area (Å²) in [7, 11) is -4.05. The van der Waals surface area contributed by atoms with E-state index in [1.54, 1.807) is 49.4 Å². The van der Waals surface area contributed by atoms with Crippen molar-refractivity contribution in [2.45, 2.75) is 57.5 Å². The van der Waals surface area contributed by atoms with E-state index in [4.69, 9.17) is 0 Å². The van der Waals surface area contributed by atoms with Gasteiger partial charge in [-0.15, -0.1) is 0 Å². The molecule has 3 aromatic rings. The zero-order valence-electron chi connectivity index (χ0n) is 22.7. The van der Waals surface area contributed by atoms with Crippen LogP contribution in [-0.4, -0.2) is 49.8 Å². The minimum atomic E-state index is -4.05. The highest BCUT2D eigenvalue weighted by Crippen LogP contribution is 2.24. The van der Waals surface area contributed by atoms with Gasteiger partial charge in [0, 0.05) is 12.1 Å². The van der Waals surface area contributed by atoms with Gasteiger partial charge in [-0.05, 0) is 70.9 Å². The number of amides is 2. The number of carbonyl (C=O) groups is 2. The Bertz CT molecular complexity index is 1320. The molecule has 202 valence electrons. The zero-order chi connectivity index (χ0) is 27.9. The lowest BCUT2D eigenvalue weighted by Gasteiger charge is -2.33. The Morgan fingerprint density at radius 2 is 1.42 bits per heavy atom. The van der Waals surface area contributed by atoms with Crippen molar-refractivity contribution < 1.29 is 18.0 Å². The standard InChI is InChI=1S/C30H37N3O4S/c1-23-16-18-26(19-17-23)33(38(36,37)27-14-10-7-11-15-27)22-28(34)32(21-20-25-12-8-6-9-13-25)24(2)29(35)31-30(3,4)5/h6-19,24H,20-22H2,1-5H3,(H,31,35)/t24-/m0/s1. The lowest BCUT2D eigenvalue weighted by Crippen LogP contribution is -2.55. The highest BCUT2D eigenvalue weighted by Gasteiger charge is 2.33. The normalized spacial score (nSPS) is 12.4. The van der Waals surface area contributed by atoms with Gasteiger partial charge in [-0.3, -0.25) is 13.9 Å². The molecule has 0 spiro atoms. The number of hydrogen-bond acceptors (Lipinski definition) is 4. The van der Waals surface area contributed by atoms with Crippen molar-refractivity contribution in [3.63, 3.8) is 0 Å². The van der Waals surface area contributed by atoms with Gasteiger partial charge < -0.3 is 10.2 Å². The second kappa shape index (κ2) is 12.3. The van der Waals surface area contributed by atoms with Gasteiger partial charge in [-0.1, -0.05) is 66.2 Å². The van der Waals surface area contributed by atoms with Crippen LogP contribution in [0.15, 0.2) is 89.8 Å². The molecule has 3 rings (SSSR count). The number of rotatable bonds is 10. The van der Waals surface area contributed by atoms with Gasteiger partial charge in [0.05, 0.1) is 10.6 Å². The Hall–Kier alpha value is -3.65. The fraction of sp³-hybridized carbons (Fsp3) is 0.333. The Kier molecular flexibility index (Phi) is 9.33. The maximum atomic E-state index is 13.8. The fourth-order valence-electron chi connectivity index (χ4n) is 4.00. The molecule has 1 atom stereocenters. The fourth-order valence-corrected chi connectivity index (χ4v) is 5.44. The number of sulfonamides is 1. The first kappa shape index (κ1) is 28.9. The molecule has 0 heterocycles. The minimum absolute atomic E-state index is 0.0859. The minimum Gasteiger partial charge on any atom is -0.350 e. The van der Waals surface area contributed by atoms with Gasteiger partial charge in [0.15, 0.2) is 0 Å². The smallest absolute Gasteiger partial charge is 0.264 e. The van der Waals surface area contributed by atoms with E-state index in [-0.39, 0.29) is 17.3 Å². The van der Waals surface area contributed by atoms with Crippen LogP contribution in [0.3, 0.4) is 0 Å². The van der Waals surface area contributed by atoms with Crippen LogP contribution >= 0.6 is 0 Å². The third kappa shape index (κ3) is 7.68. The van der Waals surface area contributed by atoms with E-state index in [0.717, 1.165) is 15.4 Å². The second-order valence-corrected chi connectivity index (χ2v) is 12.3. The van der Waals surface area contributed by atoms with Gasteiger partial charge in [0.25, 0.3) is 10.0 Å². The van der Waals surface area contributed by atoms with E-state index in [2.05, 4.69) is 5.32 Å². The summed E-state index contributed by atoms with van der Waals surface area (Å²) in [6.07, 6.45) is 0.523. The van der Waals surface area contributed by atoms with E-state index in [0.29, 0.717) is 12.1 Å². The van der Waals surface area contributed by atoms with E-state index < -0.39 is 34.1 Å². The molecule has 2 amide bonds. The van der Waals surface area contributed by atoms with E-state index in [9.17, 15) is 18.0 Å². The third-order valence-corrected chi connectivity index (χ3v) is 7.87. The average molecular weight is 536 g/mol. The van der Waals surface area contributed by atoms with Crippen molar-refractivity contribution >= 4 is 27.5 Å². The molecule has 3 aromatic carbocycles. The first-order valence-corrected chi connectivity index (χ1v) is 14.1. The largest absolute Gasteiger partial charge is 0.350 e. The quantitative estimate of drug-likeness (QED) is 0.412. The molecule has 0 aliphatic rings. The summed E-state index contributed by atoms with van der Waals surface area (Å²) in [4.78, 5) is 28.5. The van der Waals surface area contributed by atoms with Gasteiger partial charge in [-0.25, -0.2) is 8.42 Å². The monoisotopic (exact) mass is 535 g/mol. The van der Waals surface area contributed by atoms with Crippen LogP contribution in [0.2, 0.25) is 0 Å². The summed E-state index contributed by atoms with van der Waals surface area (Å²) in [6, 6.07) is 23.9. The van der Waals surface area contributed by atoms with Crippen molar-refractivity contribution in [3.05, 3.63) is 96.1 Å². The Morgan fingerprint density at radius 3 is 1.97 bits per heavy atom. The van der Waals surface area contributed by atoms with Crippen molar-refractivity contribution in [3.8, 4) is 0 Å². The molecule has 0 fully saturated rings. The highest BCUT2D eigenvalue weighted by atomic mass is 32.2. The first-order chi connectivity index (χ1) is 17.9. The van der Waals surface area contributed by atoms with Crippen molar-refractivity contribution in [2.24, 2.45) is 0 Å². The Balaban J connectivity index is 1.96. The SMILES string of the molecule is Cc1ccc(N(CC(=O)N(CCc2ccccc2)[C@@H](C)C(=O)NC(C)(C)C)S(=O)(=O)c2ccccc2)cc1. The summed E-state index contributed by atoms with van der Waals surface area (Å²) in [5.74, 6) is -0.760. The number of nitrogens with one attached hydrogen (secondary N) is 1. The van der Waals surface area contributed by atoms with Gasteiger partial charge in [-0.2, -0.15) is 0 Å². The molecular formula is C30H37N3O4S. The number of nitrogens with zero attached hydrogens (tertiary/aromatic N) is 2. The van der Waals surface area contributed by atoms with E-state index in [1.165, 1.54) is 17.0 Å². The Morgan fingerprint density at radius 1 is 0.868 bits per heavy atom. The number of aryl methyl sites for hydroxylation is 1. The number of anilines is 1. The Labute approximate surface area is 226 Å². The molecule has 0 unspecified atom stereocenters. The molecular weight excluding hydrogens is 498 g/mol. The van der Waals surface area contributed by atoms with Crippen LogP contribution in [0.5, 0.6) is 0 Å². The van der Waals surface area contributed by atoms with Crippen molar-refractivity contribution in [2.75, 3.05) is 17.4 Å². The summed E-state index contributed by atoms with van der Waals surface area (Å²) >= 11 is 0. The molecule has 0 bridgehead atoms. The topological polar surface area (TPSA) is 86.8 Å². The lowest BCUT2D eigenvalue weighted by molar-refractivity contribution is -0.139. The number of benzene rings is 3. The van der Waals surface area contributed by atoms with Crippen molar-refractivity contribution in [1.29, 1.82) is 0 Å². The van der Waals surface area contributed by atoms with Crippen molar-refractivity contribution in [1.82, 2.24) is 10.2 Å². The summed E-state index contributed by atoms with van der Waals surface area (Å²) in [6.45, 7) is 9.02. The second-order valence-electron chi connectivity index (χ2n) is 10.4. The molecule has 1 N–H and O–H groups in total. The van der Waals surface area contributed by atoms with Crippen LogP contribution in [0.25, 0.3) is 0 Å². The van der Waals surface area contributed by atoms with E-state index in [1.807, 2.05) is 58.0 Å². The molecule has 8 heteroatoms. The molecule has 0 aromatic heterocycles. The predicted octanol–water partition coefficient (Wildman–Crippen LogP) is 4.56. The average Bonchev–Trinajstić information content (AvgIpc) is 2.88.